The van der Waals surface area contributed by atoms with Crippen molar-refractivity contribution >= 4 is 28.3 Å². The summed E-state index contributed by atoms with van der Waals surface area (Å²) >= 11 is 1.51. The van der Waals surface area contributed by atoms with Crippen molar-refractivity contribution in [3.05, 3.63) is 89.1 Å². The molecule has 1 aromatic heterocycles. The lowest BCUT2D eigenvalue weighted by Crippen LogP contribution is -2.12. The van der Waals surface area contributed by atoms with Gasteiger partial charge in [0.25, 0.3) is 0 Å². The van der Waals surface area contributed by atoms with Crippen molar-refractivity contribution in [3.8, 4) is 22.8 Å². The number of rotatable bonds is 6. The van der Waals surface area contributed by atoms with Crippen molar-refractivity contribution in [2.24, 2.45) is 10.1 Å². The molecule has 3 aromatic carbocycles. The Hall–Kier alpha value is -3.64. The molecule has 4 rings (SSSR count). The van der Waals surface area contributed by atoms with Gasteiger partial charge in [-0.2, -0.15) is 5.10 Å². The maximum absolute atomic E-state index is 10.4. The van der Waals surface area contributed by atoms with Gasteiger partial charge in [0, 0.05) is 16.5 Å². The number of aromatic hydroxyl groups is 1. The van der Waals surface area contributed by atoms with Crippen LogP contribution in [0.15, 0.2) is 88.8 Å². The fourth-order valence-corrected chi connectivity index (χ4v) is 4.06. The van der Waals surface area contributed by atoms with Crippen LogP contribution in [0.4, 0.5) is 0 Å². The Balaban J connectivity index is 1.88. The topological polar surface area (TPSA) is 59.1 Å². The van der Waals surface area contributed by atoms with Crippen LogP contribution >= 0.6 is 11.3 Å². The number of benzene rings is 3. The molecule has 0 spiro atoms. The third-order valence-corrected chi connectivity index (χ3v) is 5.52. The van der Waals surface area contributed by atoms with E-state index in [1.54, 1.807) is 29.1 Å². The lowest BCUT2D eigenvalue weighted by Gasteiger charge is -2.08. The molecule has 0 amide bonds. The molecular weight excluding hydrogens is 394 g/mol. The first-order valence-corrected chi connectivity index (χ1v) is 10.3. The van der Waals surface area contributed by atoms with Crippen LogP contribution in [-0.4, -0.2) is 29.7 Å². The maximum Gasteiger partial charge on any atom is 0.206 e. The zero-order valence-corrected chi connectivity index (χ0v) is 17.3. The van der Waals surface area contributed by atoms with Crippen LogP contribution in [-0.2, 0) is 0 Å². The third-order valence-electron chi connectivity index (χ3n) is 4.67. The molecule has 0 fully saturated rings. The summed E-state index contributed by atoms with van der Waals surface area (Å²) in [6.07, 6.45) is 3.37. The predicted octanol–water partition coefficient (Wildman–Crippen LogP) is 5.05. The summed E-state index contributed by atoms with van der Waals surface area (Å²) < 4.78 is 7.00. The summed E-state index contributed by atoms with van der Waals surface area (Å²) in [5.74, 6) is 0.455. The van der Waals surface area contributed by atoms with E-state index in [1.165, 1.54) is 18.4 Å². The van der Waals surface area contributed by atoms with Crippen LogP contribution in [0.1, 0.15) is 5.56 Å². The molecule has 4 aromatic rings. The molecular formula is C24H21N3O2S. The Bertz CT molecular complexity index is 1300. The number of nitrogens with zero attached hydrogens (tertiary/aromatic N) is 3. The number of para-hydroxylation sites is 1. The number of thiazole rings is 1. The standard InChI is InChI=1S/C24H21N3O2S/c1-3-14-25-24-27(26-15-18-10-7-13-22(29-2)23(18)28)21(16-30-24)20-12-6-9-17-8-4-5-11-19(17)20/h3-13,15-16,28H,1,14H2,2H3. The van der Waals surface area contributed by atoms with Crippen LogP contribution in [0.2, 0.25) is 0 Å². The summed E-state index contributed by atoms with van der Waals surface area (Å²) in [6.45, 7) is 4.25. The van der Waals surface area contributed by atoms with Gasteiger partial charge in [0.15, 0.2) is 11.5 Å². The zero-order chi connectivity index (χ0) is 20.9. The minimum absolute atomic E-state index is 0.0517. The number of hydrogen-bond acceptors (Lipinski definition) is 5. The van der Waals surface area contributed by atoms with Gasteiger partial charge in [0.2, 0.25) is 4.80 Å². The van der Waals surface area contributed by atoms with Crippen molar-refractivity contribution in [3.63, 3.8) is 0 Å². The largest absolute Gasteiger partial charge is 0.504 e. The molecule has 0 aliphatic heterocycles. The molecule has 0 unspecified atom stereocenters. The van der Waals surface area contributed by atoms with Gasteiger partial charge in [-0.05, 0) is 22.9 Å². The van der Waals surface area contributed by atoms with Gasteiger partial charge in [-0.25, -0.2) is 4.68 Å². The minimum atomic E-state index is 0.0517. The highest BCUT2D eigenvalue weighted by Crippen LogP contribution is 2.30. The fourth-order valence-electron chi connectivity index (χ4n) is 3.22. The van der Waals surface area contributed by atoms with Gasteiger partial charge in [-0.3, -0.25) is 4.99 Å². The molecule has 0 atom stereocenters. The van der Waals surface area contributed by atoms with Gasteiger partial charge >= 0.3 is 0 Å². The van der Waals surface area contributed by atoms with Crippen molar-refractivity contribution in [1.82, 2.24) is 4.68 Å². The van der Waals surface area contributed by atoms with E-state index in [9.17, 15) is 5.11 Å². The van der Waals surface area contributed by atoms with Crippen LogP contribution in [0.25, 0.3) is 22.0 Å². The Morgan fingerprint density at radius 2 is 1.90 bits per heavy atom. The summed E-state index contributed by atoms with van der Waals surface area (Å²) in [5, 5.41) is 19.4. The van der Waals surface area contributed by atoms with E-state index in [4.69, 9.17) is 4.74 Å². The van der Waals surface area contributed by atoms with E-state index in [-0.39, 0.29) is 5.75 Å². The molecule has 0 radical (unpaired) electrons. The molecule has 6 heteroatoms. The van der Waals surface area contributed by atoms with Gasteiger partial charge in [-0.1, -0.05) is 54.6 Å². The Morgan fingerprint density at radius 3 is 2.73 bits per heavy atom. The number of phenolic OH excluding ortho intramolecular Hbond substituents is 1. The highest BCUT2D eigenvalue weighted by Gasteiger charge is 2.11. The molecule has 1 heterocycles. The summed E-state index contributed by atoms with van der Waals surface area (Å²) in [5.41, 5.74) is 2.56. The second kappa shape index (κ2) is 8.80. The first kappa shape index (κ1) is 19.7. The monoisotopic (exact) mass is 415 g/mol. The van der Waals surface area contributed by atoms with Crippen LogP contribution in [0, 0.1) is 0 Å². The van der Waals surface area contributed by atoms with E-state index >= 15 is 0 Å². The first-order chi connectivity index (χ1) is 14.7. The Morgan fingerprint density at radius 1 is 1.10 bits per heavy atom. The second-order valence-corrected chi connectivity index (χ2v) is 7.35. The lowest BCUT2D eigenvalue weighted by molar-refractivity contribution is 0.373. The smallest absolute Gasteiger partial charge is 0.206 e. The van der Waals surface area contributed by atoms with Gasteiger partial charge < -0.3 is 9.84 Å². The summed E-state index contributed by atoms with van der Waals surface area (Å²) in [4.78, 5) is 5.33. The molecule has 1 N–H and O–H groups in total. The van der Waals surface area contributed by atoms with Gasteiger partial charge in [0.05, 0.1) is 25.6 Å². The zero-order valence-electron chi connectivity index (χ0n) is 16.5. The van der Waals surface area contributed by atoms with Crippen LogP contribution in [0.3, 0.4) is 0 Å². The highest BCUT2D eigenvalue weighted by molar-refractivity contribution is 7.07. The van der Waals surface area contributed by atoms with Crippen molar-refractivity contribution in [2.75, 3.05) is 13.7 Å². The highest BCUT2D eigenvalue weighted by atomic mass is 32.1. The molecule has 0 saturated heterocycles. The second-order valence-electron chi connectivity index (χ2n) is 6.51. The number of aromatic nitrogens is 1. The number of methoxy groups -OCH3 is 1. The molecule has 0 saturated carbocycles. The number of ether oxygens (including phenoxy) is 1. The molecule has 0 aliphatic carbocycles. The SMILES string of the molecule is C=CCN=c1scc(-c2cccc3ccccc23)n1N=Cc1cccc(OC)c1O. The van der Waals surface area contributed by atoms with Gasteiger partial charge in [-0.15, -0.1) is 17.9 Å². The van der Waals surface area contributed by atoms with Crippen LogP contribution in [0.5, 0.6) is 11.5 Å². The van der Waals surface area contributed by atoms with E-state index < -0.39 is 0 Å². The average molecular weight is 416 g/mol. The summed E-state index contributed by atoms with van der Waals surface area (Å²) in [6, 6.07) is 19.8. The lowest BCUT2D eigenvalue weighted by atomic mass is 10.0. The van der Waals surface area contributed by atoms with Crippen molar-refractivity contribution in [2.45, 2.75) is 0 Å². The average Bonchev–Trinajstić information content (AvgIpc) is 3.19. The summed E-state index contributed by atoms with van der Waals surface area (Å²) in [7, 11) is 1.52. The molecule has 0 aliphatic rings. The fraction of sp³-hybridized carbons (Fsp3) is 0.0833. The molecule has 30 heavy (non-hydrogen) atoms. The maximum atomic E-state index is 10.4. The van der Waals surface area contributed by atoms with Crippen molar-refractivity contribution < 1.29 is 9.84 Å². The van der Waals surface area contributed by atoms with E-state index in [2.05, 4.69) is 40.9 Å². The molecule has 150 valence electrons. The van der Waals surface area contributed by atoms with Crippen molar-refractivity contribution in [1.29, 1.82) is 0 Å². The van der Waals surface area contributed by atoms with Gasteiger partial charge in [0.1, 0.15) is 0 Å². The Labute approximate surface area is 178 Å². The van der Waals surface area contributed by atoms with E-state index in [0.29, 0.717) is 17.9 Å². The van der Waals surface area contributed by atoms with E-state index in [1.807, 2.05) is 29.6 Å². The number of fused-ring (bicyclic) bond motifs is 1. The third kappa shape index (κ3) is 3.77. The normalized spacial score (nSPS) is 12.0. The number of phenols is 1. The Kier molecular flexibility index (Phi) is 5.77. The number of hydrogen-bond donors (Lipinski definition) is 1. The minimum Gasteiger partial charge on any atom is -0.504 e. The first-order valence-electron chi connectivity index (χ1n) is 9.43. The van der Waals surface area contributed by atoms with Crippen LogP contribution < -0.4 is 9.54 Å². The molecule has 5 nitrogen and oxygen atoms in total. The molecule has 0 bridgehead atoms. The quantitative estimate of drug-likeness (QED) is 0.354. The van der Waals surface area contributed by atoms with E-state index in [0.717, 1.165) is 26.8 Å². The predicted molar refractivity (Wildman–Crippen MR) is 124 cm³/mol.